The molecule has 0 radical (unpaired) electrons. The number of oxime groups is 1. The van der Waals surface area contributed by atoms with Crippen molar-refractivity contribution in [2.75, 3.05) is 0 Å². The maximum Gasteiger partial charge on any atom is 0.126 e. The van der Waals surface area contributed by atoms with E-state index in [1.54, 1.807) is 0 Å². The molecule has 14 heavy (non-hydrogen) atoms. The lowest BCUT2D eigenvalue weighted by atomic mass is 9.99. The van der Waals surface area contributed by atoms with Gasteiger partial charge in [0.2, 0.25) is 0 Å². The van der Waals surface area contributed by atoms with E-state index in [0.717, 1.165) is 17.7 Å². The highest BCUT2D eigenvalue weighted by atomic mass is 16.6. The summed E-state index contributed by atoms with van der Waals surface area (Å²) in [5, 5.41) is 4.05. The van der Waals surface area contributed by atoms with E-state index in [-0.39, 0.29) is 12.1 Å². The van der Waals surface area contributed by atoms with Crippen LogP contribution in [0.25, 0.3) is 0 Å². The lowest BCUT2D eigenvalue weighted by Crippen LogP contribution is -2.38. The van der Waals surface area contributed by atoms with Crippen LogP contribution in [0.5, 0.6) is 0 Å². The van der Waals surface area contributed by atoms with Crippen LogP contribution < -0.4 is 5.73 Å². The summed E-state index contributed by atoms with van der Waals surface area (Å²) in [7, 11) is 0. The summed E-state index contributed by atoms with van der Waals surface area (Å²) >= 11 is 0. The van der Waals surface area contributed by atoms with Crippen LogP contribution in [-0.2, 0) is 4.84 Å². The van der Waals surface area contributed by atoms with Crippen LogP contribution in [-0.4, -0.2) is 17.9 Å². The molecule has 74 valence electrons. The molecule has 3 heteroatoms. The van der Waals surface area contributed by atoms with Crippen molar-refractivity contribution in [3.05, 3.63) is 35.9 Å². The standard InChI is InChI=1S/C11H14N2O/c1-8-7-10(12)11(13-14-8)9-5-3-2-4-6-9/h2-6,8,10H,7,12H2,1H3. The zero-order valence-electron chi connectivity index (χ0n) is 8.18. The van der Waals surface area contributed by atoms with Crippen LogP contribution in [0.4, 0.5) is 0 Å². The van der Waals surface area contributed by atoms with Gasteiger partial charge in [0, 0.05) is 12.0 Å². The Bertz CT molecular complexity index is 334. The van der Waals surface area contributed by atoms with Gasteiger partial charge < -0.3 is 10.6 Å². The molecule has 1 aromatic carbocycles. The van der Waals surface area contributed by atoms with Crippen LogP contribution >= 0.6 is 0 Å². The summed E-state index contributed by atoms with van der Waals surface area (Å²) in [5.74, 6) is 0. The molecular weight excluding hydrogens is 176 g/mol. The van der Waals surface area contributed by atoms with Gasteiger partial charge in [-0.1, -0.05) is 35.5 Å². The van der Waals surface area contributed by atoms with Crippen LogP contribution in [0, 0.1) is 0 Å². The molecule has 2 atom stereocenters. The molecule has 0 fully saturated rings. The largest absolute Gasteiger partial charge is 0.392 e. The molecule has 0 bridgehead atoms. The molecule has 0 aliphatic carbocycles. The summed E-state index contributed by atoms with van der Waals surface area (Å²) in [5.41, 5.74) is 7.89. The number of rotatable bonds is 1. The van der Waals surface area contributed by atoms with Crippen molar-refractivity contribution in [2.24, 2.45) is 10.9 Å². The molecule has 3 nitrogen and oxygen atoms in total. The lowest BCUT2D eigenvalue weighted by Gasteiger charge is -2.23. The zero-order valence-corrected chi connectivity index (χ0v) is 8.18. The number of hydrogen-bond acceptors (Lipinski definition) is 3. The van der Waals surface area contributed by atoms with Gasteiger partial charge in [0.05, 0.1) is 6.04 Å². The highest BCUT2D eigenvalue weighted by Crippen LogP contribution is 2.14. The first kappa shape index (κ1) is 9.21. The molecule has 1 aliphatic rings. The number of nitrogens with zero attached hydrogens (tertiary/aromatic N) is 1. The summed E-state index contributed by atoms with van der Waals surface area (Å²) in [6, 6.07) is 9.91. The molecule has 0 aromatic heterocycles. The third-order valence-corrected chi connectivity index (χ3v) is 2.34. The molecule has 0 saturated carbocycles. The minimum atomic E-state index is -0.0128. The maximum atomic E-state index is 5.99. The predicted octanol–water partition coefficient (Wildman–Crippen LogP) is 1.53. The number of hydrogen-bond donors (Lipinski definition) is 1. The predicted molar refractivity (Wildman–Crippen MR) is 56.1 cm³/mol. The van der Waals surface area contributed by atoms with Crippen molar-refractivity contribution in [2.45, 2.75) is 25.5 Å². The van der Waals surface area contributed by atoms with Crippen molar-refractivity contribution >= 4 is 5.71 Å². The molecule has 1 aliphatic heterocycles. The van der Waals surface area contributed by atoms with E-state index < -0.39 is 0 Å². The van der Waals surface area contributed by atoms with E-state index in [2.05, 4.69) is 5.16 Å². The SMILES string of the molecule is CC1CC(N)C(c2ccccc2)=NO1. The number of benzene rings is 1. The van der Waals surface area contributed by atoms with Crippen LogP contribution in [0.15, 0.2) is 35.5 Å². The van der Waals surface area contributed by atoms with Crippen molar-refractivity contribution in [1.29, 1.82) is 0 Å². The van der Waals surface area contributed by atoms with E-state index in [1.165, 1.54) is 0 Å². The Balaban J connectivity index is 2.27. The molecular formula is C11H14N2O. The second kappa shape index (κ2) is 3.80. The van der Waals surface area contributed by atoms with E-state index in [4.69, 9.17) is 10.6 Å². The van der Waals surface area contributed by atoms with Gasteiger partial charge in [0.15, 0.2) is 0 Å². The second-order valence-electron chi connectivity index (χ2n) is 3.60. The Hall–Kier alpha value is -1.35. The van der Waals surface area contributed by atoms with Gasteiger partial charge in [-0.3, -0.25) is 0 Å². The highest BCUT2D eigenvalue weighted by molar-refractivity contribution is 6.04. The zero-order chi connectivity index (χ0) is 9.97. The van der Waals surface area contributed by atoms with Gasteiger partial charge in [-0.15, -0.1) is 0 Å². The van der Waals surface area contributed by atoms with Crippen molar-refractivity contribution in [3.63, 3.8) is 0 Å². The third kappa shape index (κ3) is 1.77. The average Bonchev–Trinajstić information content (AvgIpc) is 2.19. The topological polar surface area (TPSA) is 47.6 Å². The number of nitrogens with two attached hydrogens (primary N) is 1. The summed E-state index contributed by atoms with van der Waals surface area (Å²) in [6.07, 6.45) is 0.950. The van der Waals surface area contributed by atoms with E-state index in [9.17, 15) is 0 Å². The fraction of sp³-hybridized carbons (Fsp3) is 0.364. The monoisotopic (exact) mass is 190 g/mol. The molecule has 1 heterocycles. The molecule has 2 rings (SSSR count). The van der Waals surface area contributed by atoms with Gasteiger partial charge in [-0.05, 0) is 6.92 Å². The summed E-state index contributed by atoms with van der Waals surface area (Å²) in [6.45, 7) is 1.98. The molecule has 1 aromatic rings. The summed E-state index contributed by atoms with van der Waals surface area (Å²) in [4.78, 5) is 5.22. The lowest BCUT2D eigenvalue weighted by molar-refractivity contribution is 0.0533. The van der Waals surface area contributed by atoms with Gasteiger partial charge in [-0.2, -0.15) is 0 Å². The molecule has 0 spiro atoms. The average molecular weight is 190 g/mol. The maximum absolute atomic E-state index is 5.99. The minimum absolute atomic E-state index is 0.0128. The van der Waals surface area contributed by atoms with Gasteiger partial charge in [-0.25, -0.2) is 0 Å². The van der Waals surface area contributed by atoms with Gasteiger partial charge >= 0.3 is 0 Å². The van der Waals surface area contributed by atoms with Gasteiger partial charge in [0.1, 0.15) is 11.8 Å². The quantitative estimate of drug-likeness (QED) is 0.730. The Morgan fingerprint density at radius 3 is 2.71 bits per heavy atom. The second-order valence-corrected chi connectivity index (χ2v) is 3.60. The first-order chi connectivity index (χ1) is 6.77. The smallest absolute Gasteiger partial charge is 0.126 e. The van der Waals surface area contributed by atoms with Crippen molar-refractivity contribution < 1.29 is 4.84 Å². The van der Waals surface area contributed by atoms with E-state index in [1.807, 2.05) is 37.3 Å². The Kier molecular flexibility index (Phi) is 2.50. The fourth-order valence-electron chi connectivity index (χ4n) is 1.60. The minimum Gasteiger partial charge on any atom is -0.392 e. The Labute approximate surface area is 83.6 Å². The van der Waals surface area contributed by atoms with E-state index in [0.29, 0.717) is 0 Å². The molecule has 2 N–H and O–H groups in total. The van der Waals surface area contributed by atoms with Gasteiger partial charge in [0.25, 0.3) is 0 Å². The molecule has 0 amide bonds. The first-order valence-electron chi connectivity index (χ1n) is 4.82. The first-order valence-corrected chi connectivity index (χ1v) is 4.82. The van der Waals surface area contributed by atoms with Crippen LogP contribution in [0.3, 0.4) is 0 Å². The Morgan fingerprint density at radius 1 is 1.36 bits per heavy atom. The van der Waals surface area contributed by atoms with Crippen LogP contribution in [0.2, 0.25) is 0 Å². The van der Waals surface area contributed by atoms with Crippen LogP contribution in [0.1, 0.15) is 18.9 Å². The highest BCUT2D eigenvalue weighted by Gasteiger charge is 2.22. The normalized spacial score (nSPS) is 26.6. The third-order valence-electron chi connectivity index (χ3n) is 2.34. The molecule has 0 saturated heterocycles. The fourth-order valence-corrected chi connectivity index (χ4v) is 1.60. The summed E-state index contributed by atoms with van der Waals surface area (Å²) < 4.78 is 0. The van der Waals surface area contributed by atoms with Crippen molar-refractivity contribution in [3.8, 4) is 0 Å². The Morgan fingerprint density at radius 2 is 2.07 bits per heavy atom. The van der Waals surface area contributed by atoms with E-state index >= 15 is 0 Å². The van der Waals surface area contributed by atoms with Crippen molar-refractivity contribution in [1.82, 2.24) is 0 Å². The molecule has 2 unspecified atom stereocenters.